The molecule has 166 valence electrons. The van der Waals surface area contributed by atoms with Crippen molar-refractivity contribution in [1.29, 1.82) is 0 Å². The first kappa shape index (κ1) is 21.8. The minimum atomic E-state index is -0.762. The molecule has 6 heteroatoms. The Morgan fingerprint density at radius 1 is 1.13 bits per heavy atom. The molecule has 2 N–H and O–H groups in total. The van der Waals surface area contributed by atoms with E-state index in [1.165, 1.54) is 11.6 Å². The zero-order chi connectivity index (χ0) is 21.7. The van der Waals surface area contributed by atoms with E-state index in [0.717, 1.165) is 38.9 Å². The molecular weight excluding hydrogens is 395 g/mol. The van der Waals surface area contributed by atoms with E-state index in [1.807, 2.05) is 6.07 Å². The second kappa shape index (κ2) is 9.79. The first-order valence-corrected chi connectivity index (χ1v) is 11.1. The zero-order valence-electron chi connectivity index (χ0n) is 17.8. The highest BCUT2D eigenvalue weighted by molar-refractivity contribution is 5.66. The number of likely N-dealkylation sites (tertiary alicyclic amines) is 1. The van der Waals surface area contributed by atoms with Gasteiger partial charge in [0, 0.05) is 30.5 Å². The lowest BCUT2D eigenvalue weighted by atomic mass is 9.78. The maximum atomic E-state index is 14.1. The lowest BCUT2D eigenvalue weighted by Crippen LogP contribution is -2.49. The molecule has 1 aliphatic heterocycles. The standard InChI is InChI=1S/C25H31FN2O3/c26-21-8-4-5-9-23(21)31-18-25(11-14-28(15-12-25)13-10-24(29)30)17-27-22-16-20(22)19-6-2-1-3-7-19/h1-9,20,22,27H,10-18H2,(H,29,30). The van der Waals surface area contributed by atoms with Crippen LogP contribution in [0, 0.1) is 11.2 Å². The van der Waals surface area contributed by atoms with Gasteiger partial charge in [-0.3, -0.25) is 4.79 Å². The second-order valence-electron chi connectivity index (χ2n) is 8.94. The third kappa shape index (κ3) is 5.83. The lowest BCUT2D eigenvalue weighted by Gasteiger charge is -2.41. The molecule has 5 nitrogen and oxygen atoms in total. The van der Waals surface area contributed by atoms with Gasteiger partial charge in [0.2, 0.25) is 0 Å². The highest BCUT2D eigenvalue weighted by Gasteiger charge is 2.41. The first-order valence-electron chi connectivity index (χ1n) is 11.1. The molecular formula is C25H31FN2O3. The maximum Gasteiger partial charge on any atom is 0.304 e. The molecule has 0 spiro atoms. The van der Waals surface area contributed by atoms with E-state index in [-0.39, 0.29) is 17.7 Å². The number of nitrogens with one attached hydrogen (secondary N) is 1. The van der Waals surface area contributed by atoms with E-state index in [0.29, 0.717) is 30.9 Å². The summed E-state index contributed by atoms with van der Waals surface area (Å²) in [6, 6.07) is 17.6. The van der Waals surface area contributed by atoms with E-state index >= 15 is 0 Å². The number of aliphatic carboxylic acids is 1. The van der Waals surface area contributed by atoms with Crippen molar-refractivity contribution in [3.05, 3.63) is 66.0 Å². The van der Waals surface area contributed by atoms with Gasteiger partial charge < -0.3 is 20.1 Å². The normalized spacial score (nSPS) is 22.7. The average molecular weight is 427 g/mol. The summed E-state index contributed by atoms with van der Waals surface area (Å²) in [6.07, 6.45) is 3.10. The Hall–Kier alpha value is -2.44. The van der Waals surface area contributed by atoms with Crippen molar-refractivity contribution in [2.45, 2.75) is 37.6 Å². The van der Waals surface area contributed by atoms with Crippen LogP contribution in [-0.2, 0) is 4.79 Å². The van der Waals surface area contributed by atoms with Crippen molar-refractivity contribution in [3.8, 4) is 5.75 Å². The molecule has 4 rings (SSSR count). The van der Waals surface area contributed by atoms with Gasteiger partial charge in [0.05, 0.1) is 13.0 Å². The van der Waals surface area contributed by atoms with E-state index in [1.54, 1.807) is 18.2 Å². The van der Waals surface area contributed by atoms with Gasteiger partial charge in [0.15, 0.2) is 11.6 Å². The van der Waals surface area contributed by atoms with Crippen LogP contribution in [0.3, 0.4) is 0 Å². The van der Waals surface area contributed by atoms with Crippen LogP contribution in [-0.4, -0.2) is 54.8 Å². The number of para-hydroxylation sites is 1. The quantitative estimate of drug-likeness (QED) is 0.603. The van der Waals surface area contributed by atoms with Crippen LogP contribution in [0.15, 0.2) is 54.6 Å². The molecule has 1 saturated carbocycles. The number of nitrogens with zero attached hydrogens (tertiary/aromatic N) is 1. The Kier molecular flexibility index (Phi) is 6.88. The average Bonchev–Trinajstić information content (AvgIpc) is 3.57. The lowest BCUT2D eigenvalue weighted by molar-refractivity contribution is -0.137. The molecule has 2 atom stereocenters. The molecule has 0 radical (unpaired) electrons. The van der Waals surface area contributed by atoms with Crippen LogP contribution in [0.25, 0.3) is 0 Å². The number of rotatable bonds is 10. The fourth-order valence-electron chi connectivity index (χ4n) is 4.51. The Labute approximate surface area is 183 Å². The first-order chi connectivity index (χ1) is 15.0. The van der Waals surface area contributed by atoms with Crippen molar-refractivity contribution >= 4 is 5.97 Å². The predicted molar refractivity (Wildman–Crippen MR) is 118 cm³/mol. The number of piperidine rings is 1. The summed E-state index contributed by atoms with van der Waals surface area (Å²) in [5.41, 5.74) is 1.28. The third-order valence-electron chi connectivity index (χ3n) is 6.69. The van der Waals surface area contributed by atoms with Crippen molar-refractivity contribution in [2.75, 3.05) is 32.8 Å². The van der Waals surface area contributed by atoms with Gasteiger partial charge in [-0.25, -0.2) is 4.39 Å². The summed E-state index contributed by atoms with van der Waals surface area (Å²) in [5, 5.41) is 12.7. The van der Waals surface area contributed by atoms with Crippen LogP contribution in [0.1, 0.15) is 37.2 Å². The maximum absolute atomic E-state index is 14.1. The van der Waals surface area contributed by atoms with Crippen LogP contribution < -0.4 is 10.1 Å². The number of benzene rings is 2. The fraction of sp³-hybridized carbons (Fsp3) is 0.480. The van der Waals surface area contributed by atoms with E-state index in [4.69, 9.17) is 9.84 Å². The number of halogens is 1. The second-order valence-corrected chi connectivity index (χ2v) is 8.94. The molecule has 2 aromatic carbocycles. The Morgan fingerprint density at radius 2 is 1.84 bits per heavy atom. The van der Waals surface area contributed by atoms with Crippen molar-refractivity contribution in [3.63, 3.8) is 0 Å². The Balaban J connectivity index is 1.36. The van der Waals surface area contributed by atoms with E-state index in [2.05, 4.69) is 34.5 Å². The highest BCUT2D eigenvalue weighted by atomic mass is 19.1. The molecule has 1 heterocycles. The van der Waals surface area contributed by atoms with Crippen molar-refractivity contribution in [2.24, 2.45) is 5.41 Å². The largest absolute Gasteiger partial charge is 0.490 e. The monoisotopic (exact) mass is 426 g/mol. The van der Waals surface area contributed by atoms with Gasteiger partial charge in [-0.15, -0.1) is 0 Å². The van der Waals surface area contributed by atoms with E-state index in [9.17, 15) is 9.18 Å². The van der Waals surface area contributed by atoms with Gasteiger partial charge in [0.1, 0.15) is 0 Å². The SMILES string of the molecule is O=C(O)CCN1CCC(CNC2CC2c2ccccc2)(COc2ccccc2F)CC1. The zero-order valence-corrected chi connectivity index (χ0v) is 17.8. The summed E-state index contributed by atoms with van der Waals surface area (Å²) < 4.78 is 20.0. The minimum Gasteiger partial charge on any atom is -0.490 e. The van der Waals surface area contributed by atoms with E-state index < -0.39 is 5.97 Å². The predicted octanol–water partition coefficient (Wildman–Crippen LogP) is 3.91. The molecule has 0 aromatic heterocycles. The van der Waals surface area contributed by atoms with Crippen molar-refractivity contribution in [1.82, 2.24) is 10.2 Å². The Bertz CT molecular complexity index is 868. The minimum absolute atomic E-state index is 0.0914. The highest BCUT2D eigenvalue weighted by Crippen LogP contribution is 2.42. The van der Waals surface area contributed by atoms with Crippen LogP contribution in [0.2, 0.25) is 0 Å². The molecule has 2 aliphatic rings. The number of carbonyl (C=O) groups is 1. The molecule has 0 amide bonds. The molecule has 2 fully saturated rings. The van der Waals surface area contributed by atoms with Crippen LogP contribution >= 0.6 is 0 Å². The number of hydrogen-bond acceptors (Lipinski definition) is 4. The molecule has 1 aliphatic carbocycles. The third-order valence-corrected chi connectivity index (χ3v) is 6.69. The topological polar surface area (TPSA) is 61.8 Å². The van der Waals surface area contributed by atoms with Gasteiger partial charge in [-0.2, -0.15) is 0 Å². The van der Waals surface area contributed by atoms with Crippen LogP contribution in [0.4, 0.5) is 4.39 Å². The van der Waals surface area contributed by atoms with Gasteiger partial charge in [-0.1, -0.05) is 42.5 Å². The molecule has 1 saturated heterocycles. The van der Waals surface area contributed by atoms with Crippen LogP contribution in [0.5, 0.6) is 5.75 Å². The number of hydrogen-bond donors (Lipinski definition) is 2. The number of ether oxygens (including phenoxy) is 1. The molecule has 2 unspecified atom stereocenters. The smallest absolute Gasteiger partial charge is 0.304 e. The Morgan fingerprint density at radius 3 is 2.55 bits per heavy atom. The number of carboxylic acid groups (broad SMARTS) is 1. The van der Waals surface area contributed by atoms with Gasteiger partial charge in [0.25, 0.3) is 0 Å². The van der Waals surface area contributed by atoms with Crippen molar-refractivity contribution < 1.29 is 19.0 Å². The summed E-state index contributed by atoms with van der Waals surface area (Å²) in [5.74, 6) is -0.247. The summed E-state index contributed by atoms with van der Waals surface area (Å²) >= 11 is 0. The molecule has 2 aromatic rings. The van der Waals surface area contributed by atoms with Gasteiger partial charge >= 0.3 is 5.97 Å². The number of carboxylic acids is 1. The van der Waals surface area contributed by atoms with Gasteiger partial charge in [-0.05, 0) is 50.0 Å². The fourth-order valence-corrected chi connectivity index (χ4v) is 4.51. The summed E-state index contributed by atoms with van der Waals surface area (Å²) in [7, 11) is 0. The molecule has 0 bridgehead atoms. The summed E-state index contributed by atoms with van der Waals surface area (Å²) in [6.45, 7) is 3.52. The molecule has 31 heavy (non-hydrogen) atoms. The summed E-state index contributed by atoms with van der Waals surface area (Å²) in [4.78, 5) is 13.1.